The van der Waals surface area contributed by atoms with Crippen molar-refractivity contribution in [2.75, 3.05) is 5.32 Å². The van der Waals surface area contributed by atoms with E-state index >= 15 is 0 Å². The highest BCUT2D eigenvalue weighted by Crippen LogP contribution is 2.20. The van der Waals surface area contributed by atoms with E-state index in [0.29, 0.717) is 22.8 Å². The number of pyridine rings is 1. The highest BCUT2D eigenvalue weighted by Gasteiger charge is 2.18. The van der Waals surface area contributed by atoms with Crippen molar-refractivity contribution in [2.45, 2.75) is 13.8 Å². The molecule has 0 aliphatic rings. The van der Waals surface area contributed by atoms with E-state index in [2.05, 4.69) is 25.7 Å². The molecule has 3 aromatic heterocycles. The summed E-state index contributed by atoms with van der Waals surface area (Å²) in [7, 11) is 0. The fourth-order valence-corrected chi connectivity index (χ4v) is 2.05. The van der Waals surface area contributed by atoms with Crippen molar-refractivity contribution >= 4 is 11.7 Å². The Labute approximate surface area is 120 Å². The van der Waals surface area contributed by atoms with Gasteiger partial charge in [0.15, 0.2) is 5.82 Å². The highest BCUT2D eigenvalue weighted by molar-refractivity contribution is 6.05. The third kappa shape index (κ3) is 2.53. The molecule has 0 spiro atoms. The third-order valence-electron chi connectivity index (χ3n) is 3.07. The highest BCUT2D eigenvalue weighted by atomic mass is 16.5. The van der Waals surface area contributed by atoms with Crippen molar-refractivity contribution in [3.05, 3.63) is 47.6 Å². The van der Waals surface area contributed by atoms with Crippen molar-refractivity contribution in [2.24, 2.45) is 0 Å². The zero-order chi connectivity index (χ0) is 14.8. The minimum Gasteiger partial charge on any atom is -0.361 e. The maximum atomic E-state index is 12.2. The summed E-state index contributed by atoms with van der Waals surface area (Å²) in [4.78, 5) is 16.1. The summed E-state index contributed by atoms with van der Waals surface area (Å²) in [6.45, 7) is 3.42. The smallest absolute Gasteiger partial charge is 0.262 e. The second-order valence-corrected chi connectivity index (χ2v) is 4.56. The molecule has 3 aromatic rings. The molecule has 0 aromatic carbocycles. The number of carbonyl (C=O) groups excluding carboxylic acids is 1. The largest absolute Gasteiger partial charge is 0.361 e. The first kappa shape index (κ1) is 13.0. The Balaban J connectivity index is 1.81. The van der Waals surface area contributed by atoms with E-state index in [4.69, 9.17) is 4.52 Å². The summed E-state index contributed by atoms with van der Waals surface area (Å²) in [5.41, 5.74) is 2.72. The summed E-state index contributed by atoms with van der Waals surface area (Å²) >= 11 is 0. The maximum Gasteiger partial charge on any atom is 0.262 e. The third-order valence-corrected chi connectivity index (χ3v) is 3.07. The Kier molecular flexibility index (Phi) is 3.23. The van der Waals surface area contributed by atoms with Gasteiger partial charge in [-0.05, 0) is 26.0 Å². The molecule has 0 aliphatic carbocycles. The van der Waals surface area contributed by atoms with Gasteiger partial charge in [0.25, 0.3) is 5.91 Å². The lowest BCUT2D eigenvalue weighted by Gasteiger charge is -2.00. The minimum absolute atomic E-state index is 0.293. The fourth-order valence-electron chi connectivity index (χ4n) is 2.05. The van der Waals surface area contributed by atoms with Crippen LogP contribution in [0.2, 0.25) is 0 Å². The molecule has 0 unspecified atom stereocenters. The number of aryl methyl sites for hydroxylation is 2. The van der Waals surface area contributed by atoms with Crippen molar-refractivity contribution < 1.29 is 9.32 Å². The lowest BCUT2D eigenvalue weighted by atomic mass is 10.2. The van der Waals surface area contributed by atoms with Crippen LogP contribution in [-0.2, 0) is 0 Å². The fraction of sp³-hybridized carbons (Fsp3) is 0.143. The molecule has 7 heteroatoms. The summed E-state index contributed by atoms with van der Waals surface area (Å²) in [6, 6.07) is 5.46. The predicted molar refractivity (Wildman–Crippen MR) is 75.7 cm³/mol. The SMILES string of the molecule is Cc1noc(C)c1C(=O)Nc1cc(-c2ccncc2)[nH]n1. The molecule has 0 aliphatic heterocycles. The van der Waals surface area contributed by atoms with Gasteiger partial charge < -0.3 is 9.84 Å². The summed E-state index contributed by atoms with van der Waals surface area (Å²) < 4.78 is 4.98. The number of nitrogens with one attached hydrogen (secondary N) is 2. The molecule has 7 nitrogen and oxygen atoms in total. The Morgan fingerprint density at radius 1 is 1.29 bits per heavy atom. The molecule has 0 saturated carbocycles. The van der Waals surface area contributed by atoms with Gasteiger partial charge in [-0.3, -0.25) is 14.9 Å². The van der Waals surface area contributed by atoms with Gasteiger partial charge in [0, 0.05) is 24.0 Å². The number of hydrogen-bond donors (Lipinski definition) is 2. The quantitative estimate of drug-likeness (QED) is 0.769. The van der Waals surface area contributed by atoms with Gasteiger partial charge in [0.05, 0.1) is 11.4 Å². The van der Waals surface area contributed by atoms with Crippen molar-refractivity contribution in [3.63, 3.8) is 0 Å². The number of anilines is 1. The molecule has 21 heavy (non-hydrogen) atoms. The number of aromatic nitrogens is 4. The van der Waals surface area contributed by atoms with E-state index in [1.54, 1.807) is 32.3 Å². The molecule has 0 saturated heterocycles. The Bertz CT molecular complexity index is 756. The minimum atomic E-state index is -0.293. The van der Waals surface area contributed by atoms with E-state index in [-0.39, 0.29) is 5.91 Å². The van der Waals surface area contributed by atoms with Crippen molar-refractivity contribution in [1.82, 2.24) is 20.3 Å². The van der Waals surface area contributed by atoms with Gasteiger partial charge in [0.2, 0.25) is 0 Å². The van der Waals surface area contributed by atoms with Crippen molar-refractivity contribution in [1.29, 1.82) is 0 Å². The molecule has 2 N–H and O–H groups in total. The van der Waals surface area contributed by atoms with Gasteiger partial charge in [-0.2, -0.15) is 5.10 Å². The Morgan fingerprint density at radius 2 is 2.05 bits per heavy atom. The number of carbonyl (C=O) groups is 1. The first-order valence-electron chi connectivity index (χ1n) is 6.35. The van der Waals surface area contributed by atoms with Gasteiger partial charge in [-0.1, -0.05) is 5.16 Å². The summed E-state index contributed by atoms with van der Waals surface area (Å²) in [5, 5.41) is 13.4. The summed E-state index contributed by atoms with van der Waals surface area (Å²) in [6.07, 6.45) is 3.39. The van der Waals surface area contributed by atoms with E-state index < -0.39 is 0 Å². The van der Waals surface area contributed by atoms with Crippen LogP contribution in [0.25, 0.3) is 11.3 Å². The molecular weight excluding hydrogens is 270 g/mol. The average molecular weight is 283 g/mol. The molecule has 0 fully saturated rings. The number of aromatic amines is 1. The molecule has 3 heterocycles. The van der Waals surface area contributed by atoms with Crippen LogP contribution in [0.4, 0.5) is 5.82 Å². The van der Waals surface area contributed by atoms with Crippen LogP contribution in [0.5, 0.6) is 0 Å². The van der Waals surface area contributed by atoms with Crippen molar-refractivity contribution in [3.8, 4) is 11.3 Å². The first-order valence-corrected chi connectivity index (χ1v) is 6.35. The maximum absolute atomic E-state index is 12.2. The van der Waals surface area contributed by atoms with Gasteiger partial charge in [0.1, 0.15) is 11.3 Å². The molecule has 0 radical (unpaired) electrons. The molecular formula is C14H13N5O2. The number of amides is 1. The molecule has 1 amide bonds. The zero-order valence-corrected chi connectivity index (χ0v) is 11.5. The lowest BCUT2D eigenvalue weighted by molar-refractivity contribution is 0.102. The molecule has 106 valence electrons. The standard InChI is InChI=1S/C14H13N5O2/c1-8-13(9(2)21-19-8)14(20)16-12-7-11(17-18-12)10-3-5-15-6-4-10/h3-7H,1-2H3,(H2,16,17,18,20). The Morgan fingerprint density at radius 3 is 2.71 bits per heavy atom. The Hall–Kier alpha value is -2.96. The van der Waals surface area contributed by atoms with Gasteiger partial charge in [-0.25, -0.2) is 0 Å². The number of H-pyrrole nitrogens is 1. The topological polar surface area (TPSA) is 96.7 Å². The van der Waals surface area contributed by atoms with Gasteiger partial charge in [-0.15, -0.1) is 0 Å². The van der Waals surface area contributed by atoms with Crippen LogP contribution in [-0.4, -0.2) is 26.2 Å². The lowest BCUT2D eigenvalue weighted by Crippen LogP contribution is -2.13. The first-order chi connectivity index (χ1) is 10.1. The number of rotatable bonds is 3. The normalized spacial score (nSPS) is 10.6. The monoisotopic (exact) mass is 283 g/mol. The van der Waals surface area contributed by atoms with Crippen LogP contribution >= 0.6 is 0 Å². The molecule has 0 bridgehead atoms. The van der Waals surface area contributed by atoms with Crippen LogP contribution < -0.4 is 5.32 Å². The van der Waals surface area contributed by atoms with E-state index in [1.807, 2.05) is 12.1 Å². The average Bonchev–Trinajstić information content (AvgIpc) is 3.07. The molecule has 0 atom stereocenters. The van der Waals surface area contributed by atoms with Crippen LogP contribution in [0.1, 0.15) is 21.8 Å². The second-order valence-electron chi connectivity index (χ2n) is 4.56. The van der Waals surface area contributed by atoms with E-state index in [9.17, 15) is 4.79 Å². The van der Waals surface area contributed by atoms with E-state index in [0.717, 1.165) is 11.3 Å². The second kappa shape index (κ2) is 5.20. The zero-order valence-electron chi connectivity index (χ0n) is 11.5. The van der Waals surface area contributed by atoms with Crippen LogP contribution in [0, 0.1) is 13.8 Å². The molecule has 3 rings (SSSR count). The number of nitrogens with zero attached hydrogens (tertiary/aromatic N) is 3. The van der Waals surface area contributed by atoms with Crippen LogP contribution in [0.15, 0.2) is 35.1 Å². The summed E-state index contributed by atoms with van der Waals surface area (Å²) in [5.74, 6) is 0.626. The van der Waals surface area contributed by atoms with E-state index in [1.165, 1.54) is 0 Å². The van der Waals surface area contributed by atoms with Crippen LogP contribution in [0.3, 0.4) is 0 Å². The predicted octanol–water partition coefficient (Wildman–Crippen LogP) is 2.33. The number of hydrogen-bond acceptors (Lipinski definition) is 5. The van der Waals surface area contributed by atoms with Gasteiger partial charge >= 0.3 is 0 Å².